The molecule has 0 aliphatic rings. The van der Waals surface area contributed by atoms with Gasteiger partial charge in [0, 0.05) is 0 Å². The molecule has 242 valence electrons. The van der Waals surface area contributed by atoms with E-state index in [0.717, 1.165) is 0 Å². The first kappa shape index (κ1) is 30.1. The molecule has 0 aromatic heterocycles. The summed E-state index contributed by atoms with van der Waals surface area (Å²) in [5.41, 5.74) is 12.4. The molecule has 0 N–H and O–H groups in total. The van der Waals surface area contributed by atoms with E-state index in [1.54, 1.807) is 0 Å². The molecule has 0 saturated carbocycles. The highest BCUT2D eigenvalue weighted by atomic mass is 14.2. The molecular weight excluding hydrogens is 625 g/mol. The molecule has 0 saturated heterocycles. The summed E-state index contributed by atoms with van der Waals surface area (Å²) in [4.78, 5) is 0. The first-order valence-electron chi connectivity index (χ1n) is 18.0. The number of hydrogen-bond donors (Lipinski definition) is 0. The molecule has 0 heteroatoms. The fourth-order valence-corrected chi connectivity index (χ4v) is 8.19. The molecule has 52 heavy (non-hydrogen) atoms. The van der Waals surface area contributed by atoms with Gasteiger partial charge >= 0.3 is 0 Å². The minimum atomic E-state index is 1.21. The lowest BCUT2D eigenvalue weighted by molar-refractivity contribution is 1.59. The zero-order chi connectivity index (χ0) is 34.4. The van der Waals surface area contributed by atoms with E-state index >= 15 is 0 Å². The van der Waals surface area contributed by atoms with Crippen LogP contribution < -0.4 is 0 Å². The predicted molar refractivity (Wildman–Crippen MR) is 224 cm³/mol. The maximum Gasteiger partial charge on any atom is -0.00199 e. The number of fused-ring (bicyclic) bond motifs is 4. The summed E-state index contributed by atoms with van der Waals surface area (Å²) < 4.78 is 0. The molecular formula is C52H34. The largest absolute Gasteiger partial charge is 0.0622 e. The van der Waals surface area contributed by atoms with Gasteiger partial charge in [-0.2, -0.15) is 0 Å². The third kappa shape index (κ3) is 5.08. The second-order valence-corrected chi connectivity index (χ2v) is 13.6. The topological polar surface area (TPSA) is 0 Å². The molecule has 0 spiro atoms. The molecule has 0 amide bonds. The fraction of sp³-hybridized carbons (Fsp3) is 0. The van der Waals surface area contributed by atoms with Gasteiger partial charge in [0.2, 0.25) is 0 Å². The number of rotatable bonds is 5. The average Bonchev–Trinajstić information content (AvgIpc) is 3.22. The highest BCUT2D eigenvalue weighted by molar-refractivity contribution is 6.24. The summed E-state index contributed by atoms with van der Waals surface area (Å²) in [5, 5.41) is 10.1. The summed E-state index contributed by atoms with van der Waals surface area (Å²) in [5.74, 6) is 0. The fourth-order valence-electron chi connectivity index (χ4n) is 8.19. The smallest absolute Gasteiger partial charge is 0.00199 e. The lowest BCUT2D eigenvalue weighted by Gasteiger charge is -2.20. The summed E-state index contributed by atoms with van der Waals surface area (Å²) in [6.45, 7) is 0. The molecule has 10 aromatic carbocycles. The Bertz CT molecular complexity index is 2930. The van der Waals surface area contributed by atoms with Crippen LogP contribution in [0.2, 0.25) is 0 Å². The van der Waals surface area contributed by atoms with Gasteiger partial charge in [-0.15, -0.1) is 0 Å². The van der Waals surface area contributed by atoms with Gasteiger partial charge in [0.15, 0.2) is 0 Å². The van der Waals surface area contributed by atoms with E-state index in [1.807, 2.05) is 0 Å². The van der Waals surface area contributed by atoms with E-state index in [4.69, 9.17) is 0 Å². The number of benzene rings is 10. The maximum atomic E-state index is 2.44. The van der Waals surface area contributed by atoms with Gasteiger partial charge in [-0.25, -0.2) is 0 Å². The van der Waals surface area contributed by atoms with Crippen molar-refractivity contribution in [3.8, 4) is 55.6 Å². The van der Waals surface area contributed by atoms with Gasteiger partial charge in [0.25, 0.3) is 0 Å². The van der Waals surface area contributed by atoms with Crippen LogP contribution in [0, 0.1) is 0 Å². The minimum absolute atomic E-state index is 1.21. The quantitative estimate of drug-likeness (QED) is 0.161. The highest BCUT2D eigenvalue weighted by Crippen LogP contribution is 2.47. The average molecular weight is 659 g/mol. The van der Waals surface area contributed by atoms with Crippen molar-refractivity contribution in [1.29, 1.82) is 0 Å². The molecule has 0 heterocycles. The Morgan fingerprint density at radius 2 is 0.712 bits per heavy atom. The lowest BCUT2D eigenvalue weighted by atomic mass is 9.83. The van der Waals surface area contributed by atoms with Crippen molar-refractivity contribution in [3.63, 3.8) is 0 Å². The van der Waals surface area contributed by atoms with Gasteiger partial charge in [0.05, 0.1) is 0 Å². The Morgan fingerprint density at radius 1 is 0.192 bits per heavy atom. The van der Waals surface area contributed by atoms with E-state index in [9.17, 15) is 0 Å². The minimum Gasteiger partial charge on any atom is -0.0622 e. The van der Waals surface area contributed by atoms with Crippen LogP contribution in [0.15, 0.2) is 206 Å². The van der Waals surface area contributed by atoms with Crippen LogP contribution in [0.1, 0.15) is 0 Å². The van der Waals surface area contributed by atoms with E-state index in [-0.39, 0.29) is 0 Å². The van der Waals surface area contributed by atoms with E-state index < -0.39 is 0 Å². The second kappa shape index (κ2) is 12.5. The molecule has 0 atom stereocenters. The van der Waals surface area contributed by atoms with E-state index in [1.165, 1.54) is 98.7 Å². The van der Waals surface area contributed by atoms with Crippen LogP contribution in [-0.2, 0) is 0 Å². The van der Waals surface area contributed by atoms with Crippen molar-refractivity contribution in [2.24, 2.45) is 0 Å². The van der Waals surface area contributed by atoms with Gasteiger partial charge < -0.3 is 0 Å². The second-order valence-electron chi connectivity index (χ2n) is 13.6. The van der Waals surface area contributed by atoms with Gasteiger partial charge in [-0.05, 0) is 111 Å². The third-order valence-electron chi connectivity index (χ3n) is 10.7. The maximum absolute atomic E-state index is 2.44. The standard InChI is InChI=1S/C52H34/c1-2-14-37(15-3-1)43-19-8-9-21-45(43)42-31-32-49-50(34-42)52(46-24-12-18-38-16-6-7-20-44(38)46)48-23-11-10-22-47(48)51(49)39-28-25-36(26-29-39)41-30-27-35-13-4-5-17-40(35)33-41/h1-34H. The Morgan fingerprint density at radius 3 is 1.50 bits per heavy atom. The molecule has 0 unspecified atom stereocenters. The van der Waals surface area contributed by atoms with Crippen molar-refractivity contribution in [2.45, 2.75) is 0 Å². The molecule has 0 bridgehead atoms. The van der Waals surface area contributed by atoms with E-state index in [0.29, 0.717) is 0 Å². The van der Waals surface area contributed by atoms with Crippen LogP contribution in [-0.4, -0.2) is 0 Å². The normalized spacial score (nSPS) is 11.5. The molecule has 0 nitrogen and oxygen atoms in total. The van der Waals surface area contributed by atoms with E-state index in [2.05, 4.69) is 206 Å². The van der Waals surface area contributed by atoms with Crippen molar-refractivity contribution in [2.75, 3.05) is 0 Å². The SMILES string of the molecule is c1ccc(-c2ccccc2-c2ccc3c(-c4ccc(-c5ccc6ccccc6c5)cc4)c4ccccc4c(-c4cccc5ccccc45)c3c2)cc1. The zero-order valence-electron chi connectivity index (χ0n) is 28.6. The van der Waals surface area contributed by atoms with Crippen LogP contribution in [0.3, 0.4) is 0 Å². The van der Waals surface area contributed by atoms with Crippen molar-refractivity contribution >= 4 is 43.1 Å². The zero-order valence-corrected chi connectivity index (χ0v) is 28.6. The lowest BCUT2D eigenvalue weighted by Crippen LogP contribution is -1.93. The Balaban J connectivity index is 1.24. The third-order valence-corrected chi connectivity index (χ3v) is 10.7. The monoisotopic (exact) mass is 658 g/mol. The Kier molecular flexibility index (Phi) is 7.25. The van der Waals surface area contributed by atoms with Gasteiger partial charge in [0.1, 0.15) is 0 Å². The molecule has 10 aromatic rings. The van der Waals surface area contributed by atoms with Crippen LogP contribution in [0.25, 0.3) is 98.7 Å². The van der Waals surface area contributed by atoms with Gasteiger partial charge in [-0.1, -0.05) is 194 Å². The first-order chi connectivity index (χ1) is 25.8. The molecule has 0 fully saturated rings. The Hall–Kier alpha value is -6.76. The predicted octanol–water partition coefficient (Wildman–Crippen LogP) is 14.6. The first-order valence-corrected chi connectivity index (χ1v) is 18.0. The van der Waals surface area contributed by atoms with Crippen LogP contribution >= 0.6 is 0 Å². The summed E-state index contributed by atoms with van der Waals surface area (Å²) in [7, 11) is 0. The summed E-state index contributed by atoms with van der Waals surface area (Å²) >= 11 is 0. The van der Waals surface area contributed by atoms with Crippen LogP contribution in [0.5, 0.6) is 0 Å². The summed E-state index contributed by atoms with van der Waals surface area (Å²) in [6, 6.07) is 75.6. The van der Waals surface area contributed by atoms with Gasteiger partial charge in [-0.3, -0.25) is 0 Å². The van der Waals surface area contributed by atoms with Crippen LogP contribution in [0.4, 0.5) is 0 Å². The molecule has 0 aliphatic heterocycles. The molecule has 10 rings (SSSR count). The molecule has 0 aliphatic carbocycles. The van der Waals surface area contributed by atoms with Crippen molar-refractivity contribution in [3.05, 3.63) is 206 Å². The highest BCUT2D eigenvalue weighted by Gasteiger charge is 2.19. The van der Waals surface area contributed by atoms with Crippen molar-refractivity contribution < 1.29 is 0 Å². The van der Waals surface area contributed by atoms with Crippen molar-refractivity contribution in [1.82, 2.24) is 0 Å². The molecule has 0 radical (unpaired) electrons. The Labute approximate surface area is 303 Å². The number of hydrogen-bond acceptors (Lipinski definition) is 0. The summed E-state index contributed by atoms with van der Waals surface area (Å²) in [6.07, 6.45) is 0.